The summed E-state index contributed by atoms with van der Waals surface area (Å²) < 4.78 is 5.71. The minimum absolute atomic E-state index is 0.440. The van der Waals surface area contributed by atoms with Gasteiger partial charge in [-0.2, -0.15) is 0 Å². The standard InChI is InChI=1S/C12H20N2O/c1-9(2)11-8-14-12(15-11)6-10-4-3-5-13-7-10/h8-10,13H,3-7H2,1-2H3. The molecule has 0 saturated carbocycles. The molecule has 0 aromatic carbocycles. The summed E-state index contributed by atoms with van der Waals surface area (Å²) in [6.07, 6.45) is 5.44. The smallest absolute Gasteiger partial charge is 0.194 e. The van der Waals surface area contributed by atoms with E-state index in [1.165, 1.54) is 19.4 Å². The van der Waals surface area contributed by atoms with Gasteiger partial charge in [0.2, 0.25) is 0 Å². The van der Waals surface area contributed by atoms with E-state index in [0.717, 1.165) is 24.6 Å². The SMILES string of the molecule is CC(C)c1cnc(CC2CCCNC2)o1. The molecule has 1 aliphatic heterocycles. The lowest BCUT2D eigenvalue weighted by Crippen LogP contribution is -2.30. The van der Waals surface area contributed by atoms with Gasteiger partial charge >= 0.3 is 0 Å². The van der Waals surface area contributed by atoms with Crippen molar-refractivity contribution >= 4 is 0 Å². The highest BCUT2D eigenvalue weighted by atomic mass is 16.4. The van der Waals surface area contributed by atoms with Crippen LogP contribution in [0, 0.1) is 5.92 Å². The monoisotopic (exact) mass is 208 g/mol. The maximum Gasteiger partial charge on any atom is 0.194 e. The Kier molecular flexibility index (Phi) is 3.41. The zero-order chi connectivity index (χ0) is 10.7. The largest absolute Gasteiger partial charge is 0.445 e. The van der Waals surface area contributed by atoms with E-state index in [-0.39, 0.29) is 0 Å². The lowest BCUT2D eigenvalue weighted by molar-refractivity contribution is 0.337. The third-order valence-corrected chi connectivity index (χ3v) is 3.00. The van der Waals surface area contributed by atoms with Crippen molar-refractivity contribution in [1.29, 1.82) is 0 Å². The van der Waals surface area contributed by atoms with Crippen molar-refractivity contribution in [3.8, 4) is 0 Å². The second-order valence-corrected chi connectivity index (χ2v) is 4.73. The Bertz CT molecular complexity index is 300. The van der Waals surface area contributed by atoms with E-state index >= 15 is 0 Å². The topological polar surface area (TPSA) is 38.1 Å². The van der Waals surface area contributed by atoms with E-state index < -0.39 is 0 Å². The van der Waals surface area contributed by atoms with E-state index in [2.05, 4.69) is 24.1 Å². The second kappa shape index (κ2) is 4.79. The molecule has 1 aromatic rings. The molecule has 1 aromatic heterocycles. The fourth-order valence-corrected chi connectivity index (χ4v) is 2.03. The molecule has 0 radical (unpaired) electrons. The van der Waals surface area contributed by atoms with Gasteiger partial charge in [-0.15, -0.1) is 0 Å². The van der Waals surface area contributed by atoms with Crippen molar-refractivity contribution in [3.63, 3.8) is 0 Å². The van der Waals surface area contributed by atoms with Crippen molar-refractivity contribution in [3.05, 3.63) is 17.8 Å². The molecule has 0 bridgehead atoms. The molecule has 1 fully saturated rings. The Labute approximate surface area is 91.3 Å². The van der Waals surface area contributed by atoms with Crippen molar-refractivity contribution < 1.29 is 4.42 Å². The predicted octanol–water partition coefficient (Wildman–Crippen LogP) is 2.34. The maximum absolute atomic E-state index is 5.71. The number of nitrogens with zero attached hydrogens (tertiary/aromatic N) is 1. The summed E-state index contributed by atoms with van der Waals surface area (Å²) in [6, 6.07) is 0. The molecule has 0 amide bonds. The minimum Gasteiger partial charge on any atom is -0.445 e. The quantitative estimate of drug-likeness (QED) is 0.828. The summed E-state index contributed by atoms with van der Waals surface area (Å²) in [5, 5.41) is 3.42. The Morgan fingerprint density at radius 3 is 3.07 bits per heavy atom. The van der Waals surface area contributed by atoms with Crippen LogP contribution in [0.1, 0.15) is 44.3 Å². The number of nitrogens with one attached hydrogen (secondary N) is 1. The molecule has 84 valence electrons. The van der Waals surface area contributed by atoms with Gasteiger partial charge in [0.15, 0.2) is 5.89 Å². The van der Waals surface area contributed by atoms with Gasteiger partial charge in [-0.3, -0.25) is 0 Å². The molecule has 1 unspecified atom stereocenters. The number of aromatic nitrogens is 1. The predicted molar refractivity (Wildman–Crippen MR) is 59.9 cm³/mol. The number of piperidine rings is 1. The fourth-order valence-electron chi connectivity index (χ4n) is 2.03. The third-order valence-electron chi connectivity index (χ3n) is 3.00. The Hall–Kier alpha value is -0.830. The van der Waals surface area contributed by atoms with Crippen LogP contribution in [-0.2, 0) is 6.42 Å². The molecule has 15 heavy (non-hydrogen) atoms. The van der Waals surface area contributed by atoms with Crippen LogP contribution < -0.4 is 5.32 Å². The normalized spacial score (nSPS) is 22.2. The van der Waals surface area contributed by atoms with Gasteiger partial charge in [0, 0.05) is 12.3 Å². The molecule has 0 spiro atoms. The van der Waals surface area contributed by atoms with E-state index in [1.54, 1.807) is 0 Å². The second-order valence-electron chi connectivity index (χ2n) is 4.73. The van der Waals surface area contributed by atoms with Crippen molar-refractivity contribution in [1.82, 2.24) is 10.3 Å². The van der Waals surface area contributed by atoms with Crippen LogP contribution in [0.4, 0.5) is 0 Å². The zero-order valence-electron chi connectivity index (χ0n) is 9.62. The van der Waals surface area contributed by atoms with Crippen molar-refractivity contribution in [2.75, 3.05) is 13.1 Å². The summed E-state index contributed by atoms with van der Waals surface area (Å²) in [5.41, 5.74) is 0. The first-order chi connectivity index (χ1) is 7.25. The van der Waals surface area contributed by atoms with Gasteiger partial charge in [-0.05, 0) is 31.8 Å². The van der Waals surface area contributed by atoms with Crippen LogP contribution in [-0.4, -0.2) is 18.1 Å². The van der Waals surface area contributed by atoms with Gasteiger partial charge in [-0.1, -0.05) is 13.8 Å². The number of oxazole rings is 1. The number of rotatable bonds is 3. The lowest BCUT2D eigenvalue weighted by atomic mass is 9.96. The Morgan fingerprint density at radius 2 is 2.47 bits per heavy atom. The van der Waals surface area contributed by atoms with E-state index in [9.17, 15) is 0 Å². The Balaban J connectivity index is 1.91. The van der Waals surface area contributed by atoms with E-state index in [4.69, 9.17) is 4.42 Å². The van der Waals surface area contributed by atoms with Gasteiger partial charge in [0.25, 0.3) is 0 Å². The zero-order valence-corrected chi connectivity index (χ0v) is 9.62. The molecular weight excluding hydrogens is 188 g/mol. The molecule has 2 heterocycles. The molecule has 1 saturated heterocycles. The van der Waals surface area contributed by atoms with Crippen LogP contribution in [0.3, 0.4) is 0 Å². The first-order valence-electron chi connectivity index (χ1n) is 5.91. The van der Waals surface area contributed by atoms with Crippen LogP contribution in [0.15, 0.2) is 10.6 Å². The average Bonchev–Trinajstić information content (AvgIpc) is 2.68. The highest BCUT2D eigenvalue weighted by molar-refractivity contribution is 4.99. The van der Waals surface area contributed by atoms with Gasteiger partial charge in [-0.25, -0.2) is 4.98 Å². The van der Waals surface area contributed by atoms with Crippen LogP contribution in [0.2, 0.25) is 0 Å². The summed E-state index contributed by atoms with van der Waals surface area (Å²) in [7, 11) is 0. The highest BCUT2D eigenvalue weighted by Crippen LogP contribution is 2.19. The van der Waals surface area contributed by atoms with Crippen LogP contribution in [0.5, 0.6) is 0 Å². The maximum atomic E-state index is 5.71. The molecule has 3 heteroatoms. The fraction of sp³-hybridized carbons (Fsp3) is 0.750. The minimum atomic E-state index is 0.440. The number of hydrogen-bond acceptors (Lipinski definition) is 3. The van der Waals surface area contributed by atoms with Gasteiger partial charge in [0.1, 0.15) is 5.76 Å². The first kappa shape index (κ1) is 10.7. The van der Waals surface area contributed by atoms with E-state index in [1.807, 2.05) is 6.20 Å². The molecule has 1 N–H and O–H groups in total. The molecule has 3 nitrogen and oxygen atoms in total. The van der Waals surface area contributed by atoms with Gasteiger partial charge in [0.05, 0.1) is 6.20 Å². The highest BCUT2D eigenvalue weighted by Gasteiger charge is 2.16. The lowest BCUT2D eigenvalue weighted by Gasteiger charge is -2.21. The van der Waals surface area contributed by atoms with Crippen molar-refractivity contribution in [2.45, 2.75) is 39.0 Å². The molecule has 1 atom stereocenters. The third kappa shape index (κ3) is 2.81. The average molecular weight is 208 g/mol. The molecule has 0 aliphatic carbocycles. The summed E-state index contributed by atoms with van der Waals surface area (Å²) in [5.74, 6) is 3.06. The van der Waals surface area contributed by atoms with Gasteiger partial charge < -0.3 is 9.73 Å². The first-order valence-corrected chi connectivity index (χ1v) is 5.91. The van der Waals surface area contributed by atoms with Crippen LogP contribution in [0.25, 0.3) is 0 Å². The van der Waals surface area contributed by atoms with E-state index in [0.29, 0.717) is 11.8 Å². The Morgan fingerprint density at radius 1 is 1.60 bits per heavy atom. The summed E-state index contributed by atoms with van der Waals surface area (Å²) in [6.45, 7) is 6.54. The number of hydrogen-bond donors (Lipinski definition) is 1. The molecule has 1 aliphatic rings. The summed E-state index contributed by atoms with van der Waals surface area (Å²) >= 11 is 0. The summed E-state index contributed by atoms with van der Waals surface area (Å²) in [4.78, 5) is 4.34. The van der Waals surface area contributed by atoms with Crippen molar-refractivity contribution in [2.24, 2.45) is 5.92 Å². The molecule has 2 rings (SSSR count). The van der Waals surface area contributed by atoms with Crippen LogP contribution >= 0.6 is 0 Å². The molecular formula is C12H20N2O.